The summed E-state index contributed by atoms with van der Waals surface area (Å²) in [5.74, 6) is 0.0345. The zero-order chi connectivity index (χ0) is 14.8. The van der Waals surface area contributed by atoms with Crippen molar-refractivity contribution < 1.29 is 15.3 Å². The smallest absolute Gasteiger partial charge is 0.121 e. The van der Waals surface area contributed by atoms with Crippen molar-refractivity contribution in [3.8, 4) is 5.75 Å². The molecule has 0 aliphatic heterocycles. The summed E-state index contributed by atoms with van der Waals surface area (Å²) in [6.45, 7) is 9.70. The molecule has 19 heavy (non-hydrogen) atoms. The van der Waals surface area contributed by atoms with Crippen LogP contribution in [0.25, 0.3) is 0 Å². The molecule has 0 saturated heterocycles. The van der Waals surface area contributed by atoms with Gasteiger partial charge in [0.2, 0.25) is 0 Å². The number of rotatable bonds is 4. The van der Waals surface area contributed by atoms with E-state index >= 15 is 0 Å². The molecule has 1 aromatic carbocycles. The minimum Gasteiger partial charge on any atom is -0.508 e. The molecule has 1 rings (SSSR count). The average Bonchev–Trinajstić information content (AvgIpc) is 2.24. The number of aliphatic hydroxyl groups excluding tert-OH is 1. The minimum absolute atomic E-state index is 0.0345. The maximum atomic E-state index is 10.1. The van der Waals surface area contributed by atoms with Gasteiger partial charge in [-0.05, 0) is 52.3 Å². The summed E-state index contributed by atoms with van der Waals surface area (Å²) in [6, 6.07) is 4.81. The van der Waals surface area contributed by atoms with Crippen molar-refractivity contribution in [1.29, 1.82) is 0 Å². The molecule has 0 aliphatic rings. The second kappa shape index (κ2) is 5.49. The van der Waals surface area contributed by atoms with Gasteiger partial charge in [-0.2, -0.15) is 0 Å². The Morgan fingerprint density at radius 3 is 2.21 bits per heavy atom. The lowest BCUT2D eigenvalue weighted by Crippen LogP contribution is -2.38. The molecule has 1 atom stereocenters. The Labute approximate surface area is 115 Å². The molecule has 0 spiro atoms. The van der Waals surface area contributed by atoms with Crippen LogP contribution in [0.3, 0.4) is 0 Å². The summed E-state index contributed by atoms with van der Waals surface area (Å²) in [4.78, 5) is 0. The van der Waals surface area contributed by atoms with Gasteiger partial charge in [0.05, 0.1) is 11.7 Å². The Kier molecular flexibility index (Phi) is 4.61. The van der Waals surface area contributed by atoms with Crippen molar-refractivity contribution >= 4 is 0 Å². The Morgan fingerprint density at radius 1 is 1.16 bits per heavy atom. The minimum atomic E-state index is -1.14. The first-order valence-electron chi connectivity index (χ1n) is 6.49. The fraction of sp³-hybridized carbons (Fsp3) is 0.600. The standard InChI is InChI=1S/C15H25NO3/c1-14(2,3)16-9-13(18)10-6-7-12(17)11(8-10)15(4,5)19/h6-8,13,16-19H,9H2,1-5H3. The molecule has 0 bridgehead atoms. The van der Waals surface area contributed by atoms with Gasteiger partial charge in [-0.1, -0.05) is 6.07 Å². The predicted octanol–water partition coefficient (Wildman–Crippen LogP) is 2.04. The van der Waals surface area contributed by atoms with Crippen LogP contribution in [-0.2, 0) is 5.60 Å². The highest BCUT2D eigenvalue weighted by atomic mass is 16.3. The first-order chi connectivity index (χ1) is 8.50. The van der Waals surface area contributed by atoms with Crippen LogP contribution in [0.5, 0.6) is 5.75 Å². The lowest BCUT2D eigenvalue weighted by molar-refractivity contribution is 0.0753. The number of phenols is 1. The first-order valence-corrected chi connectivity index (χ1v) is 6.49. The molecule has 108 valence electrons. The molecule has 0 saturated carbocycles. The largest absolute Gasteiger partial charge is 0.508 e. The molecule has 0 amide bonds. The summed E-state index contributed by atoms with van der Waals surface area (Å²) in [5, 5.41) is 33.1. The predicted molar refractivity (Wildman–Crippen MR) is 76.1 cm³/mol. The van der Waals surface area contributed by atoms with Gasteiger partial charge in [-0.25, -0.2) is 0 Å². The summed E-state index contributed by atoms with van der Waals surface area (Å²) in [5.41, 5.74) is -0.125. The van der Waals surface area contributed by atoms with E-state index in [1.165, 1.54) is 6.07 Å². The SMILES string of the molecule is CC(C)(C)NCC(O)c1ccc(O)c(C(C)(C)O)c1. The topological polar surface area (TPSA) is 72.7 Å². The van der Waals surface area contributed by atoms with E-state index < -0.39 is 11.7 Å². The van der Waals surface area contributed by atoms with Gasteiger partial charge in [0, 0.05) is 17.6 Å². The number of benzene rings is 1. The van der Waals surface area contributed by atoms with E-state index in [1.54, 1.807) is 26.0 Å². The zero-order valence-electron chi connectivity index (χ0n) is 12.4. The fourth-order valence-electron chi connectivity index (χ4n) is 1.77. The third-order valence-corrected chi connectivity index (χ3v) is 2.89. The highest BCUT2D eigenvalue weighted by Crippen LogP contribution is 2.31. The molecule has 4 N–H and O–H groups in total. The van der Waals surface area contributed by atoms with Crippen molar-refractivity contribution in [2.75, 3.05) is 6.54 Å². The van der Waals surface area contributed by atoms with Gasteiger partial charge < -0.3 is 20.6 Å². The number of hydrogen-bond donors (Lipinski definition) is 4. The van der Waals surface area contributed by atoms with Crippen molar-refractivity contribution in [1.82, 2.24) is 5.32 Å². The van der Waals surface area contributed by atoms with E-state index in [-0.39, 0.29) is 11.3 Å². The molecule has 0 fully saturated rings. The van der Waals surface area contributed by atoms with E-state index in [0.717, 1.165) is 0 Å². The van der Waals surface area contributed by atoms with Crippen LogP contribution in [0.1, 0.15) is 51.8 Å². The lowest BCUT2D eigenvalue weighted by atomic mass is 9.94. The molecule has 0 heterocycles. The molecule has 1 unspecified atom stereocenters. The molecule has 0 aromatic heterocycles. The molecule has 4 heteroatoms. The highest BCUT2D eigenvalue weighted by Gasteiger charge is 2.22. The van der Waals surface area contributed by atoms with Gasteiger partial charge in [0.15, 0.2) is 0 Å². The third-order valence-electron chi connectivity index (χ3n) is 2.89. The van der Waals surface area contributed by atoms with E-state index in [1.807, 2.05) is 20.8 Å². The van der Waals surface area contributed by atoms with E-state index in [0.29, 0.717) is 17.7 Å². The van der Waals surface area contributed by atoms with E-state index in [2.05, 4.69) is 5.32 Å². The highest BCUT2D eigenvalue weighted by molar-refractivity contribution is 5.40. The van der Waals surface area contributed by atoms with Crippen LogP contribution >= 0.6 is 0 Å². The monoisotopic (exact) mass is 267 g/mol. The van der Waals surface area contributed by atoms with Gasteiger partial charge in [-0.15, -0.1) is 0 Å². The Balaban J connectivity index is 2.90. The van der Waals surface area contributed by atoms with Crippen molar-refractivity contribution in [2.24, 2.45) is 0 Å². The van der Waals surface area contributed by atoms with Crippen LogP contribution in [0.4, 0.5) is 0 Å². The van der Waals surface area contributed by atoms with Gasteiger partial charge in [0.25, 0.3) is 0 Å². The molecular formula is C15H25NO3. The van der Waals surface area contributed by atoms with Crippen molar-refractivity contribution in [3.63, 3.8) is 0 Å². The number of phenolic OH excluding ortho intramolecular Hbond substituents is 1. The van der Waals surface area contributed by atoms with Gasteiger partial charge in [-0.3, -0.25) is 0 Å². The summed E-state index contributed by atoms with van der Waals surface area (Å²) in [7, 11) is 0. The van der Waals surface area contributed by atoms with Crippen LogP contribution in [0.15, 0.2) is 18.2 Å². The molecular weight excluding hydrogens is 242 g/mol. The van der Waals surface area contributed by atoms with Crippen LogP contribution in [0, 0.1) is 0 Å². The van der Waals surface area contributed by atoms with Gasteiger partial charge in [0.1, 0.15) is 5.75 Å². The van der Waals surface area contributed by atoms with E-state index in [9.17, 15) is 15.3 Å². The number of aliphatic hydroxyl groups is 2. The number of hydrogen-bond acceptors (Lipinski definition) is 4. The molecule has 1 aromatic rings. The second-order valence-electron chi connectivity index (χ2n) is 6.48. The molecule has 0 aliphatic carbocycles. The normalized spacial score (nSPS) is 14.5. The van der Waals surface area contributed by atoms with Crippen molar-refractivity contribution in [2.45, 2.75) is 51.9 Å². The maximum Gasteiger partial charge on any atom is 0.121 e. The maximum absolute atomic E-state index is 10.1. The first kappa shape index (κ1) is 16.0. The summed E-state index contributed by atoms with van der Waals surface area (Å²) < 4.78 is 0. The summed E-state index contributed by atoms with van der Waals surface area (Å²) in [6.07, 6.45) is -0.680. The molecule has 0 radical (unpaired) electrons. The van der Waals surface area contributed by atoms with Crippen LogP contribution < -0.4 is 5.32 Å². The lowest BCUT2D eigenvalue weighted by Gasteiger charge is -2.24. The van der Waals surface area contributed by atoms with Crippen LogP contribution in [-0.4, -0.2) is 27.4 Å². The number of aromatic hydroxyl groups is 1. The Morgan fingerprint density at radius 2 is 1.74 bits per heavy atom. The van der Waals surface area contributed by atoms with E-state index in [4.69, 9.17) is 0 Å². The number of β-amino-alcohol motifs (C(OH)–C–C–N with tert-alkyl or cyclic N) is 1. The van der Waals surface area contributed by atoms with Crippen LogP contribution in [0.2, 0.25) is 0 Å². The Hall–Kier alpha value is -1.10. The fourth-order valence-corrected chi connectivity index (χ4v) is 1.77. The average molecular weight is 267 g/mol. The third kappa shape index (κ3) is 4.82. The zero-order valence-corrected chi connectivity index (χ0v) is 12.4. The van der Waals surface area contributed by atoms with Crippen molar-refractivity contribution in [3.05, 3.63) is 29.3 Å². The quantitative estimate of drug-likeness (QED) is 0.673. The number of nitrogens with one attached hydrogen (secondary N) is 1. The summed E-state index contributed by atoms with van der Waals surface area (Å²) >= 11 is 0. The second-order valence-corrected chi connectivity index (χ2v) is 6.48. The Bertz CT molecular complexity index is 430. The molecule has 4 nitrogen and oxygen atoms in total. The van der Waals surface area contributed by atoms with Gasteiger partial charge >= 0.3 is 0 Å².